The summed E-state index contributed by atoms with van der Waals surface area (Å²) in [6, 6.07) is 9.31. The second-order valence-electron chi connectivity index (χ2n) is 6.28. The van der Waals surface area contributed by atoms with E-state index in [4.69, 9.17) is 5.73 Å². The fraction of sp³-hybridized carbons (Fsp3) is 0.316. The van der Waals surface area contributed by atoms with E-state index in [1.807, 2.05) is 24.3 Å². The first-order valence-electron chi connectivity index (χ1n) is 7.88. The summed E-state index contributed by atoms with van der Waals surface area (Å²) in [5.74, 6) is -3.13. The predicted octanol–water partition coefficient (Wildman–Crippen LogP) is 3.56. The molecule has 0 aromatic heterocycles. The highest BCUT2D eigenvalue weighted by Gasteiger charge is 2.53. The number of nitrogens with two attached hydrogens (primary N) is 1. The van der Waals surface area contributed by atoms with E-state index in [1.54, 1.807) is 0 Å². The van der Waals surface area contributed by atoms with Gasteiger partial charge in [-0.05, 0) is 48.4 Å². The van der Waals surface area contributed by atoms with Crippen LogP contribution < -0.4 is 5.73 Å². The van der Waals surface area contributed by atoms with Crippen LogP contribution in [0.1, 0.15) is 30.7 Å². The van der Waals surface area contributed by atoms with E-state index < -0.39 is 23.0 Å². The van der Waals surface area contributed by atoms with Gasteiger partial charge in [-0.15, -0.1) is 0 Å². The lowest BCUT2D eigenvalue weighted by Crippen LogP contribution is -2.42. The second-order valence-corrected chi connectivity index (χ2v) is 6.28. The van der Waals surface area contributed by atoms with Crippen molar-refractivity contribution >= 4 is 0 Å². The molecule has 0 bridgehead atoms. The molecule has 3 rings (SSSR count). The molecular weight excluding hydrogens is 322 g/mol. The van der Waals surface area contributed by atoms with Crippen molar-refractivity contribution in [3.05, 3.63) is 58.3 Å². The zero-order valence-electron chi connectivity index (χ0n) is 13.3. The van der Waals surface area contributed by atoms with Gasteiger partial charge in [0.2, 0.25) is 0 Å². The third-order valence-corrected chi connectivity index (χ3v) is 5.10. The van der Waals surface area contributed by atoms with Gasteiger partial charge in [-0.2, -0.15) is 15.8 Å². The van der Waals surface area contributed by atoms with Gasteiger partial charge >= 0.3 is 0 Å². The van der Waals surface area contributed by atoms with Crippen LogP contribution in [0.4, 0.5) is 8.78 Å². The van der Waals surface area contributed by atoms with Gasteiger partial charge in [-0.1, -0.05) is 12.1 Å². The van der Waals surface area contributed by atoms with Crippen molar-refractivity contribution in [2.75, 3.05) is 0 Å². The maximum atomic E-state index is 13.8. The Labute approximate surface area is 144 Å². The average molecular weight is 336 g/mol. The maximum absolute atomic E-state index is 13.8. The number of benzene rings is 1. The van der Waals surface area contributed by atoms with Crippen LogP contribution >= 0.6 is 0 Å². The lowest BCUT2D eigenvalue weighted by molar-refractivity contribution is 0.316. The first-order valence-corrected chi connectivity index (χ1v) is 7.88. The summed E-state index contributed by atoms with van der Waals surface area (Å²) in [4.78, 5) is 0. The number of rotatable bonds is 1. The molecule has 0 aliphatic heterocycles. The lowest BCUT2D eigenvalue weighted by Gasteiger charge is -2.43. The minimum atomic E-state index is -1.80. The molecule has 0 spiro atoms. The van der Waals surface area contributed by atoms with Gasteiger partial charge in [0.05, 0.1) is 23.4 Å². The third kappa shape index (κ3) is 2.29. The van der Waals surface area contributed by atoms with Crippen LogP contribution in [0.25, 0.3) is 0 Å². The number of hydrogen-bond acceptors (Lipinski definition) is 4. The van der Waals surface area contributed by atoms with E-state index >= 15 is 0 Å². The van der Waals surface area contributed by atoms with Gasteiger partial charge in [0, 0.05) is 5.92 Å². The van der Waals surface area contributed by atoms with Gasteiger partial charge in [0.15, 0.2) is 17.0 Å². The normalized spacial score (nSPS) is 24.4. The number of nitriles is 3. The summed E-state index contributed by atoms with van der Waals surface area (Å²) in [7, 11) is 0. The number of allylic oxidation sites excluding steroid dienone is 4. The van der Waals surface area contributed by atoms with Gasteiger partial charge in [-0.3, -0.25) is 0 Å². The Bertz CT molecular complexity index is 910. The molecular formula is C19H14F2N4. The zero-order valence-corrected chi connectivity index (χ0v) is 13.3. The number of fused-ring (bicyclic) bond motifs is 1. The Kier molecular flexibility index (Phi) is 4.03. The molecule has 0 fully saturated rings. The quantitative estimate of drug-likeness (QED) is 0.848. The summed E-state index contributed by atoms with van der Waals surface area (Å²) in [5.41, 5.74) is 5.38. The van der Waals surface area contributed by atoms with Crippen LogP contribution in [0.2, 0.25) is 0 Å². The maximum Gasteiger partial charge on any atom is 0.191 e. The summed E-state index contributed by atoms with van der Waals surface area (Å²) < 4.78 is 27.2. The van der Waals surface area contributed by atoms with Crippen LogP contribution in [0.15, 0.2) is 41.1 Å². The van der Waals surface area contributed by atoms with Crippen LogP contribution in [-0.4, -0.2) is 0 Å². The molecule has 2 atom stereocenters. The summed E-state index contributed by atoms with van der Waals surface area (Å²) >= 11 is 0. The number of nitrogens with zero attached hydrogens (tertiary/aromatic N) is 3. The Balaban J connectivity index is 2.33. The monoisotopic (exact) mass is 336 g/mol. The highest BCUT2D eigenvalue weighted by atomic mass is 19.2. The van der Waals surface area contributed by atoms with E-state index in [9.17, 15) is 24.6 Å². The molecule has 2 aliphatic carbocycles. The Hall–Kier alpha value is -3.17. The molecule has 2 N–H and O–H groups in total. The van der Waals surface area contributed by atoms with Crippen LogP contribution in [0, 0.1) is 57.0 Å². The molecule has 0 saturated carbocycles. The average Bonchev–Trinajstić information content (AvgIpc) is 2.63. The van der Waals surface area contributed by atoms with Crippen LogP contribution in [-0.2, 0) is 0 Å². The molecule has 124 valence electrons. The second kappa shape index (κ2) is 6.04. The fourth-order valence-electron chi connectivity index (χ4n) is 3.96. The standard InChI is InChI=1S/C19H14F2N4/c20-15-6-5-11(7-16(15)21)17-13-4-2-1-3-12(13)14(8-22)18(25)19(17,9-23)10-24/h3,5-7,13,17H,1-2,4,25H2/t13-,17-/m1/s1. The molecule has 0 heterocycles. The van der Waals surface area contributed by atoms with E-state index in [1.165, 1.54) is 6.07 Å². The van der Waals surface area contributed by atoms with E-state index in [-0.39, 0.29) is 17.2 Å². The topological polar surface area (TPSA) is 97.4 Å². The summed E-state index contributed by atoms with van der Waals surface area (Å²) in [5, 5.41) is 29.1. The highest BCUT2D eigenvalue weighted by Crippen LogP contribution is 2.55. The van der Waals surface area contributed by atoms with Crippen molar-refractivity contribution in [2.24, 2.45) is 17.1 Å². The lowest BCUT2D eigenvalue weighted by atomic mass is 9.57. The Morgan fingerprint density at radius 3 is 2.44 bits per heavy atom. The largest absolute Gasteiger partial charge is 0.399 e. The molecule has 0 amide bonds. The third-order valence-electron chi connectivity index (χ3n) is 5.10. The highest BCUT2D eigenvalue weighted by molar-refractivity contribution is 5.59. The molecule has 0 radical (unpaired) electrons. The predicted molar refractivity (Wildman–Crippen MR) is 85.0 cm³/mol. The first-order chi connectivity index (χ1) is 12.0. The Morgan fingerprint density at radius 1 is 1.12 bits per heavy atom. The van der Waals surface area contributed by atoms with Gasteiger partial charge in [0.25, 0.3) is 0 Å². The molecule has 2 aliphatic rings. The van der Waals surface area contributed by atoms with Crippen molar-refractivity contribution in [3.63, 3.8) is 0 Å². The smallest absolute Gasteiger partial charge is 0.191 e. The van der Waals surface area contributed by atoms with Crippen molar-refractivity contribution in [1.82, 2.24) is 0 Å². The Morgan fingerprint density at radius 2 is 1.84 bits per heavy atom. The van der Waals surface area contributed by atoms with Crippen molar-refractivity contribution in [3.8, 4) is 18.2 Å². The first kappa shape index (κ1) is 16.7. The van der Waals surface area contributed by atoms with Gasteiger partial charge in [-0.25, -0.2) is 8.78 Å². The number of halogens is 2. The summed E-state index contributed by atoms with van der Waals surface area (Å²) in [6.07, 6.45) is 4.12. The van der Waals surface area contributed by atoms with Crippen molar-refractivity contribution < 1.29 is 8.78 Å². The van der Waals surface area contributed by atoms with Crippen LogP contribution in [0.3, 0.4) is 0 Å². The van der Waals surface area contributed by atoms with Crippen molar-refractivity contribution in [2.45, 2.75) is 25.2 Å². The molecule has 0 saturated heterocycles. The minimum Gasteiger partial charge on any atom is -0.399 e. The number of hydrogen-bond donors (Lipinski definition) is 1. The summed E-state index contributed by atoms with van der Waals surface area (Å²) in [6.45, 7) is 0. The van der Waals surface area contributed by atoms with E-state index in [2.05, 4.69) is 0 Å². The fourth-order valence-corrected chi connectivity index (χ4v) is 3.96. The van der Waals surface area contributed by atoms with Crippen LogP contribution in [0.5, 0.6) is 0 Å². The van der Waals surface area contributed by atoms with Gasteiger partial charge < -0.3 is 5.73 Å². The molecule has 0 unspecified atom stereocenters. The molecule has 4 nitrogen and oxygen atoms in total. The van der Waals surface area contributed by atoms with E-state index in [0.29, 0.717) is 17.6 Å². The van der Waals surface area contributed by atoms with E-state index in [0.717, 1.165) is 25.0 Å². The van der Waals surface area contributed by atoms with Crippen molar-refractivity contribution in [1.29, 1.82) is 15.8 Å². The molecule has 6 heteroatoms. The van der Waals surface area contributed by atoms with Gasteiger partial charge in [0.1, 0.15) is 6.07 Å². The zero-order chi connectivity index (χ0) is 18.2. The molecule has 25 heavy (non-hydrogen) atoms. The molecule has 1 aromatic carbocycles. The SMILES string of the molecule is N#CC1=C(N)C(C#N)(C#N)[C@H](c2ccc(F)c(F)c2)[C@@H]2CCCC=C12. The molecule has 1 aromatic rings. The minimum absolute atomic E-state index is 0.112.